The van der Waals surface area contributed by atoms with E-state index in [2.05, 4.69) is 14.9 Å². The molecule has 5 rings (SSSR count). The Bertz CT molecular complexity index is 1200. The molecule has 30 heavy (non-hydrogen) atoms. The molecule has 0 aliphatic carbocycles. The van der Waals surface area contributed by atoms with Gasteiger partial charge in [-0.1, -0.05) is 0 Å². The van der Waals surface area contributed by atoms with Gasteiger partial charge in [0.25, 0.3) is 0 Å². The smallest absolute Gasteiger partial charge is 0.219 e. The zero-order valence-corrected chi connectivity index (χ0v) is 17.3. The summed E-state index contributed by atoms with van der Waals surface area (Å²) in [6.07, 6.45) is 6.93. The van der Waals surface area contributed by atoms with Crippen LogP contribution >= 0.6 is 0 Å². The third-order valence-corrected chi connectivity index (χ3v) is 6.69. The monoisotopic (exact) mass is 430 g/mol. The summed E-state index contributed by atoms with van der Waals surface area (Å²) in [5.41, 5.74) is 9.50. The maximum atomic E-state index is 12.1. The molecule has 0 amide bonds. The Hall–Kier alpha value is -2.83. The van der Waals surface area contributed by atoms with Crippen LogP contribution in [0.3, 0.4) is 0 Å². The lowest BCUT2D eigenvalue weighted by molar-refractivity contribution is 0.122. The summed E-state index contributed by atoms with van der Waals surface area (Å²) in [5.74, 6) is 0.935. The summed E-state index contributed by atoms with van der Waals surface area (Å²) in [6, 6.07) is 0. The summed E-state index contributed by atoms with van der Waals surface area (Å²) in [4.78, 5) is 20.0. The predicted molar refractivity (Wildman–Crippen MR) is 110 cm³/mol. The van der Waals surface area contributed by atoms with Crippen LogP contribution in [0, 0.1) is 0 Å². The number of morpholine rings is 1. The van der Waals surface area contributed by atoms with E-state index in [-0.39, 0.29) is 12.5 Å². The van der Waals surface area contributed by atoms with Gasteiger partial charge in [0.1, 0.15) is 0 Å². The standard InChI is InChI=1S/C18H22N8O3S/c1-30(27,28)25-3-2-13-15(11-25)26-10-14(12-8-20-18(19)21-9-12)23-16(17(26)22-13)24-4-6-29-7-5-24/h8-10H,2-7,11H2,1H3,(H2,19,20,21). The molecular formula is C18H22N8O3S. The molecule has 158 valence electrons. The molecule has 0 spiro atoms. The number of ether oxygens (including phenoxy) is 1. The average molecular weight is 430 g/mol. The summed E-state index contributed by atoms with van der Waals surface area (Å²) in [5, 5.41) is 0. The van der Waals surface area contributed by atoms with Gasteiger partial charge in [-0.05, 0) is 0 Å². The normalized spacial score (nSPS) is 18.0. The molecule has 12 heteroatoms. The Morgan fingerprint density at radius 1 is 1.10 bits per heavy atom. The van der Waals surface area contributed by atoms with Gasteiger partial charge < -0.3 is 15.4 Å². The molecule has 2 aliphatic heterocycles. The van der Waals surface area contributed by atoms with Crippen LogP contribution in [0.1, 0.15) is 11.4 Å². The summed E-state index contributed by atoms with van der Waals surface area (Å²) in [7, 11) is -3.30. The number of nitrogens with two attached hydrogens (primary N) is 1. The van der Waals surface area contributed by atoms with E-state index in [0.29, 0.717) is 45.0 Å². The molecule has 2 aliphatic rings. The highest BCUT2D eigenvalue weighted by atomic mass is 32.2. The van der Waals surface area contributed by atoms with E-state index < -0.39 is 10.0 Å². The van der Waals surface area contributed by atoms with Crippen LogP contribution in [0.5, 0.6) is 0 Å². The molecule has 1 saturated heterocycles. The van der Waals surface area contributed by atoms with E-state index in [4.69, 9.17) is 20.4 Å². The third-order valence-electron chi connectivity index (χ3n) is 5.44. The van der Waals surface area contributed by atoms with Crippen LogP contribution < -0.4 is 10.6 Å². The first-order valence-corrected chi connectivity index (χ1v) is 11.5. The van der Waals surface area contributed by atoms with E-state index >= 15 is 0 Å². The summed E-state index contributed by atoms with van der Waals surface area (Å²) >= 11 is 0. The first-order valence-electron chi connectivity index (χ1n) is 9.67. The van der Waals surface area contributed by atoms with Gasteiger partial charge in [0, 0.05) is 50.2 Å². The number of rotatable bonds is 3. The number of sulfonamides is 1. The van der Waals surface area contributed by atoms with E-state index in [0.717, 1.165) is 28.4 Å². The quantitative estimate of drug-likeness (QED) is 0.606. The lowest BCUT2D eigenvalue weighted by atomic mass is 10.2. The van der Waals surface area contributed by atoms with Crippen LogP contribution in [0.2, 0.25) is 0 Å². The lowest BCUT2D eigenvalue weighted by Gasteiger charge is -2.28. The van der Waals surface area contributed by atoms with Gasteiger partial charge in [-0.25, -0.2) is 28.4 Å². The van der Waals surface area contributed by atoms with Crippen LogP contribution in [0.25, 0.3) is 16.9 Å². The van der Waals surface area contributed by atoms with E-state index in [1.54, 1.807) is 12.4 Å². The fourth-order valence-electron chi connectivity index (χ4n) is 3.85. The van der Waals surface area contributed by atoms with Crippen molar-refractivity contribution in [3.63, 3.8) is 0 Å². The number of nitrogens with zero attached hydrogens (tertiary/aromatic N) is 7. The second-order valence-corrected chi connectivity index (χ2v) is 9.41. The highest BCUT2D eigenvalue weighted by molar-refractivity contribution is 7.88. The third kappa shape index (κ3) is 3.36. The zero-order chi connectivity index (χ0) is 20.9. The Morgan fingerprint density at radius 2 is 1.83 bits per heavy atom. The number of hydrogen-bond donors (Lipinski definition) is 1. The van der Waals surface area contributed by atoms with Crippen LogP contribution in [-0.2, 0) is 27.7 Å². The summed E-state index contributed by atoms with van der Waals surface area (Å²) < 4.78 is 33.2. The van der Waals surface area contributed by atoms with Gasteiger partial charge in [-0.3, -0.25) is 4.40 Å². The largest absolute Gasteiger partial charge is 0.378 e. The van der Waals surface area contributed by atoms with Crippen molar-refractivity contribution in [2.45, 2.75) is 13.0 Å². The molecule has 0 atom stereocenters. The van der Waals surface area contributed by atoms with Crippen molar-refractivity contribution in [2.24, 2.45) is 0 Å². The Labute approximate surface area is 173 Å². The van der Waals surface area contributed by atoms with Crippen LogP contribution in [0.4, 0.5) is 11.8 Å². The van der Waals surface area contributed by atoms with E-state index in [9.17, 15) is 8.42 Å². The van der Waals surface area contributed by atoms with Gasteiger partial charge in [0.2, 0.25) is 16.0 Å². The van der Waals surface area contributed by atoms with Crippen LogP contribution in [0.15, 0.2) is 18.6 Å². The van der Waals surface area contributed by atoms with E-state index in [1.165, 1.54) is 10.6 Å². The molecule has 0 unspecified atom stereocenters. The molecule has 5 heterocycles. The Balaban J connectivity index is 1.69. The fraction of sp³-hybridized carbons (Fsp3) is 0.444. The molecule has 11 nitrogen and oxygen atoms in total. The first kappa shape index (κ1) is 19.2. The second kappa shape index (κ2) is 7.15. The number of imidazole rings is 1. The van der Waals surface area contributed by atoms with Crippen molar-refractivity contribution in [3.05, 3.63) is 30.0 Å². The van der Waals surface area contributed by atoms with Crippen molar-refractivity contribution in [2.75, 3.05) is 49.7 Å². The molecule has 0 saturated carbocycles. The number of nitrogen functional groups attached to an aromatic ring is 1. The van der Waals surface area contributed by atoms with Crippen molar-refractivity contribution in [1.82, 2.24) is 28.6 Å². The van der Waals surface area contributed by atoms with Gasteiger partial charge in [-0.15, -0.1) is 0 Å². The lowest BCUT2D eigenvalue weighted by Crippen LogP contribution is -2.37. The second-order valence-electron chi connectivity index (χ2n) is 7.42. The molecule has 0 bridgehead atoms. The summed E-state index contributed by atoms with van der Waals surface area (Å²) in [6.45, 7) is 3.35. The highest BCUT2D eigenvalue weighted by Crippen LogP contribution is 2.30. The SMILES string of the molecule is CS(=O)(=O)N1CCc2nc3c(N4CCOCC4)nc(-c4cnc(N)nc4)cn3c2C1. The molecule has 3 aromatic heterocycles. The van der Waals surface area contributed by atoms with E-state index in [1.807, 2.05) is 10.6 Å². The molecule has 0 radical (unpaired) electrons. The molecule has 1 fully saturated rings. The maximum absolute atomic E-state index is 12.1. The Kier molecular flexibility index (Phi) is 4.56. The number of anilines is 2. The van der Waals surface area contributed by atoms with Crippen molar-refractivity contribution in [1.29, 1.82) is 0 Å². The Morgan fingerprint density at radius 3 is 2.53 bits per heavy atom. The average Bonchev–Trinajstić information content (AvgIpc) is 3.11. The van der Waals surface area contributed by atoms with Gasteiger partial charge in [-0.2, -0.15) is 4.31 Å². The molecule has 3 aromatic rings. The van der Waals surface area contributed by atoms with Crippen molar-refractivity contribution in [3.8, 4) is 11.3 Å². The maximum Gasteiger partial charge on any atom is 0.219 e. The minimum absolute atomic E-state index is 0.192. The molecule has 0 aromatic carbocycles. The topological polar surface area (TPSA) is 132 Å². The van der Waals surface area contributed by atoms with Gasteiger partial charge in [0.15, 0.2) is 11.5 Å². The minimum Gasteiger partial charge on any atom is -0.378 e. The molecule has 2 N–H and O–H groups in total. The molecular weight excluding hydrogens is 408 g/mol. The zero-order valence-electron chi connectivity index (χ0n) is 16.5. The minimum atomic E-state index is -3.30. The number of fused-ring (bicyclic) bond motifs is 3. The fourth-order valence-corrected chi connectivity index (χ4v) is 4.63. The highest BCUT2D eigenvalue weighted by Gasteiger charge is 2.29. The van der Waals surface area contributed by atoms with Crippen molar-refractivity contribution < 1.29 is 13.2 Å². The van der Waals surface area contributed by atoms with Gasteiger partial charge in [0.05, 0.1) is 43.1 Å². The number of aromatic nitrogens is 5. The number of hydrogen-bond acceptors (Lipinski definition) is 9. The van der Waals surface area contributed by atoms with Crippen molar-refractivity contribution >= 4 is 27.4 Å². The first-order chi connectivity index (χ1) is 14.4. The predicted octanol–water partition coefficient (Wildman–Crippen LogP) is -0.0772. The van der Waals surface area contributed by atoms with Crippen LogP contribution in [-0.4, -0.2) is 76.2 Å². The van der Waals surface area contributed by atoms with Gasteiger partial charge >= 0.3 is 0 Å².